The van der Waals surface area contributed by atoms with E-state index in [0.717, 1.165) is 16.7 Å². The van der Waals surface area contributed by atoms with Gasteiger partial charge in [-0.1, -0.05) is 66.2 Å². The SMILES string of the molecule is Cc1ccccc1[C@@H](NC(=O)C1CCN(S(=O)(=O)c2ccc(Cl)cc2)CC1)c1ccccc1. The third kappa shape index (κ3) is 5.29. The van der Waals surface area contributed by atoms with Crippen LogP contribution in [0.2, 0.25) is 5.02 Å². The van der Waals surface area contributed by atoms with E-state index in [1.54, 1.807) is 12.1 Å². The van der Waals surface area contributed by atoms with Crippen molar-refractivity contribution < 1.29 is 13.2 Å². The fourth-order valence-corrected chi connectivity index (χ4v) is 5.87. The van der Waals surface area contributed by atoms with Crippen molar-refractivity contribution in [2.24, 2.45) is 5.92 Å². The van der Waals surface area contributed by atoms with Gasteiger partial charge in [0.15, 0.2) is 0 Å². The molecule has 0 bridgehead atoms. The van der Waals surface area contributed by atoms with Crippen LogP contribution in [0.3, 0.4) is 0 Å². The van der Waals surface area contributed by atoms with Crippen molar-refractivity contribution in [2.45, 2.75) is 30.7 Å². The summed E-state index contributed by atoms with van der Waals surface area (Å²) in [6.45, 7) is 2.66. The van der Waals surface area contributed by atoms with Crippen molar-refractivity contribution in [2.75, 3.05) is 13.1 Å². The molecule has 1 amide bonds. The first-order valence-electron chi connectivity index (χ1n) is 11.0. The Morgan fingerprint density at radius 1 is 0.939 bits per heavy atom. The van der Waals surface area contributed by atoms with Gasteiger partial charge in [0.2, 0.25) is 15.9 Å². The van der Waals surface area contributed by atoms with Gasteiger partial charge in [0, 0.05) is 24.0 Å². The van der Waals surface area contributed by atoms with Gasteiger partial charge in [-0.25, -0.2) is 8.42 Å². The Kier molecular flexibility index (Phi) is 7.17. The number of sulfonamides is 1. The number of hydrogen-bond donors (Lipinski definition) is 1. The van der Waals surface area contributed by atoms with Crippen molar-refractivity contribution in [3.63, 3.8) is 0 Å². The van der Waals surface area contributed by atoms with Crippen LogP contribution >= 0.6 is 11.6 Å². The van der Waals surface area contributed by atoms with Crippen LogP contribution in [0.25, 0.3) is 0 Å². The van der Waals surface area contributed by atoms with E-state index in [4.69, 9.17) is 11.6 Å². The van der Waals surface area contributed by atoms with E-state index < -0.39 is 10.0 Å². The molecule has 3 aromatic carbocycles. The average molecular weight is 483 g/mol. The van der Waals surface area contributed by atoms with Crippen molar-refractivity contribution in [3.8, 4) is 0 Å². The molecular formula is C26H27ClN2O3S. The molecule has 1 fully saturated rings. The van der Waals surface area contributed by atoms with E-state index in [9.17, 15) is 13.2 Å². The average Bonchev–Trinajstić information content (AvgIpc) is 2.84. The smallest absolute Gasteiger partial charge is 0.243 e. The lowest BCUT2D eigenvalue weighted by Gasteiger charge is -2.32. The highest BCUT2D eigenvalue weighted by Gasteiger charge is 2.33. The summed E-state index contributed by atoms with van der Waals surface area (Å²) < 4.78 is 27.3. The largest absolute Gasteiger partial charge is 0.345 e. The lowest BCUT2D eigenvalue weighted by atomic mass is 9.92. The van der Waals surface area contributed by atoms with Gasteiger partial charge in [0.05, 0.1) is 10.9 Å². The number of nitrogens with one attached hydrogen (secondary N) is 1. The molecular weight excluding hydrogens is 456 g/mol. The lowest BCUT2D eigenvalue weighted by molar-refractivity contribution is -0.126. The van der Waals surface area contributed by atoms with E-state index in [1.165, 1.54) is 16.4 Å². The Bertz CT molecular complexity index is 1210. The van der Waals surface area contributed by atoms with Gasteiger partial charge in [-0.05, 0) is 60.7 Å². The molecule has 4 rings (SSSR count). The molecule has 0 unspecified atom stereocenters. The molecule has 1 aliphatic heterocycles. The monoisotopic (exact) mass is 482 g/mol. The summed E-state index contributed by atoms with van der Waals surface area (Å²) in [5, 5.41) is 3.72. The second-order valence-electron chi connectivity index (χ2n) is 8.34. The molecule has 0 radical (unpaired) electrons. The van der Waals surface area contributed by atoms with Crippen molar-refractivity contribution in [1.82, 2.24) is 9.62 Å². The highest BCUT2D eigenvalue weighted by molar-refractivity contribution is 7.89. The molecule has 0 spiro atoms. The normalized spacial score (nSPS) is 16.3. The van der Waals surface area contributed by atoms with Crippen LogP contribution in [0.15, 0.2) is 83.8 Å². The molecule has 0 aromatic heterocycles. The fourth-order valence-electron chi connectivity index (χ4n) is 4.27. The van der Waals surface area contributed by atoms with Crippen LogP contribution in [-0.4, -0.2) is 31.7 Å². The summed E-state index contributed by atoms with van der Waals surface area (Å²) in [4.78, 5) is 13.5. The molecule has 0 aliphatic carbocycles. The number of amides is 1. The number of carbonyl (C=O) groups excluding carboxylic acids is 1. The number of piperidine rings is 1. The van der Waals surface area contributed by atoms with Crippen molar-refractivity contribution in [1.29, 1.82) is 0 Å². The van der Waals surface area contributed by atoms with E-state index in [1.807, 2.05) is 61.5 Å². The van der Waals surface area contributed by atoms with Gasteiger partial charge in [0.1, 0.15) is 0 Å². The third-order valence-corrected chi connectivity index (χ3v) is 8.36. The van der Waals surface area contributed by atoms with E-state index >= 15 is 0 Å². The zero-order valence-electron chi connectivity index (χ0n) is 18.4. The van der Waals surface area contributed by atoms with Crippen LogP contribution in [0, 0.1) is 12.8 Å². The Balaban J connectivity index is 1.46. The van der Waals surface area contributed by atoms with Crippen LogP contribution in [0.4, 0.5) is 0 Å². The first kappa shape index (κ1) is 23.5. The summed E-state index contributed by atoms with van der Waals surface area (Å²) in [6.07, 6.45) is 0.960. The van der Waals surface area contributed by atoms with E-state index in [-0.39, 0.29) is 22.8 Å². The molecule has 33 heavy (non-hydrogen) atoms. The summed E-state index contributed by atoms with van der Waals surface area (Å²) >= 11 is 5.89. The summed E-state index contributed by atoms with van der Waals surface area (Å²) in [6, 6.07) is 23.9. The minimum Gasteiger partial charge on any atom is -0.345 e. The standard InChI is InChI=1S/C26H27ClN2O3S/c1-19-7-5-6-10-24(19)25(20-8-3-2-4-9-20)28-26(30)21-15-17-29(18-16-21)33(31,32)23-13-11-22(27)12-14-23/h2-14,21,25H,15-18H2,1H3,(H,28,30)/t25-/m0/s1. The summed E-state index contributed by atoms with van der Waals surface area (Å²) in [7, 11) is -3.60. The lowest BCUT2D eigenvalue weighted by Crippen LogP contribution is -2.43. The van der Waals surface area contributed by atoms with Crippen LogP contribution in [0.5, 0.6) is 0 Å². The second kappa shape index (κ2) is 10.1. The highest BCUT2D eigenvalue weighted by Crippen LogP contribution is 2.28. The Labute approximate surface area is 200 Å². The number of hydrogen-bond acceptors (Lipinski definition) is 3. The maximum Gasteiger partial charge on any atom is 0.243 e. The highest BCUT2D eigenvalue weighted by atomic mass is 35.5. The predicted octanol–water partition coefficient (Wildman–Crippen LogP) is 4.95. The van der Waals surface area contributed by atoms with Gasteiger partial charge >= 0.3 is 0 Å². The summed E-state index contributed by atoms with van der Waals surface area (Å²) in [5.74, 6) is -0.285. The van der Waals surface area contributed by atoms with Crippen LogP contribution in [-0.2, 0) is 14.8 Å². The maximum atomic E-state index is 13.2. The first-order valence-corrected chi connectivity index (χ1v) is 12.8. The van der Waals surface area contributed by atoms with Gasteiger partial charge in [-0.15, -0.1) is 0 Å². The first-order chi connectivity index (χ1) is 15.9. The number of carbonyl (C=O) groups is 1. The number of benzene rings is 3. The maximum absolute atomic E-state index is 13.2. The van der Waals surface area contributed by atoms with Gasteiger partial charge < -0.3 is 5.32 Å². The third-order valence-electron chi connectivity index (χ3n) is 6.20. The van der Waals surface area contributed by atoms with Gasteiger partial charge in [-0.3, -0.25) is 4.79 Å². The number of halogens is 1. The molecule has 5 nitrogen and oxygen atoms in total. The van der Waals surface area contributed by atoms with Gasteiger partial charge in [-0.2, -0.15) is 4.31 Å². The Morgan fingerprint density at radius 2 is 1.55 bits per heavy atom. The Morgan fingerprint density at radius 3 is 2.18 bits per heavy atom. The number of rotatable bonds is 6. The fraction of sp³-hybridized carbons (Fsp3) is 0.269. The molecule has 1 N–H and O–H groups in total. The Hall–Kier alpha value is -2.67. The molecule has 1 aliphatic rings. The van der Waals surface area contributed by atoms with Crippen molar-refractivity contribution >= 4 is 27.5 Å². The molecule has 1 atom stereocenters. The zero-order valence-corrected chi connectivity index (χ0v) is 20.0. The van der Waals surface area contributed by atoms with Crippen LogP contribution in [0.1, 0.15) is 35.6 Å². The minimum absolute atomic E-state index is 0.0457. The topological polar surface area (TPSA) is 66.5 Å². The molecule has 1 saturated heterocycles. The summed E-state index contributed by atoms with van der Waals surface area (Å²) in [5.41, 5.74) is 3.18. The van der Waals surface area contributed by atoms with E-state index in [2.05, 4.69) is 5.32 Å². The predicted molar refractivity (Wildman–Crippen MR) is 131 cm³/mol. The molecule has 1 heterocycles. The number of aryl methyl sites for hydroxylation is 1. The van der Waals surface area contributed by atoms with Gasteiger partial charge in [0.25, 0.3) is 0 Å². The molecule has 7 heteroatoms. The zero-order chi connectivity index (χ0) is 23.4. The quantitative estimate of drug-likeness (QED) is 0.540. The molecule has 3 aromatic rings. The van der Waals surface area contributed by atoms with Crippen molar-refractivity contribution in [3.05, 3.63) is 101 Å². The molecule has 172 valence electrons. The van der Waals surface area contributed by atoms with E-state index in [0.29, 0.717) is 31.0 Å². The minimum atomic E-state index is -3.60. The number of nitrogens with zero attached hydrogens (tertiary/aromatic N) is 1. The second-order valence-corrected chi connectivity index (χ2v) is 10.7. The molecule has 0 saturated carbocycles. The van der Waals surface area contributed by atoms with Crippen LogP contribution < -0.4 is 5.32 Å².